The molecule has 1 atom stereocenters. The van der Waals surface area contributed by atoms with Gasteiger partial charge in [-0.25, -0.2) is 4.39 Å². The second-order valence-electron chi connectivity index (χ2n) is 4.32. The summed E-state index contributed by atoms with van der Waals surface area (Å²) in [6.45, 7) is 0. The van der Waals surface area contributed by atoms with E-state index in [1.807, 2.05) is 25.1 Å². The fourth-order valence-electron chi connectivity index (χ4n) is 1.88. The molecule has 0 aliphatic heterocycles. The van der Waals surface area contributed by atoms with Crippen molar-refractivity contribution >= 4 is 5.97 Å². The van der Waals surface area contributed by atoms with E-state index in [-0.39, 0.29) is 18.3 Å². The highest BCUT2D eigenvalue weighted by molar-refractivity contribution is 5.66. The molecule has 0 fully saturated rings. The molecule has 1 rings (SSSR count). The maximum Gasteiger partial charge on any atom is 0.303 e. The third kappa shape index (κ3) is 4.53. The summed E-state index contributed by atoms with van der Waals surface area (Å²) in [5.41, 5.74) is 0.889. The van der Waals surface area contributed by atoms with Gasteiger partial charge in [0.2, 0.25) is 0 Å². The van der Waals surface area contributed by atoms with Gasteiger partial charge in [-0.3, -0.25) is 4.79 Å². The third-order valence-electron chi connectivity index (χ3n) is 2.72. The number of hydrogen-bond donors (Lipinski definition) is 1. The molecule has 1 aromatic carbocycles. The number of rotatable bonds is 6. The maximum absolute atomic E-state index is 13.1. The SMILES string of the molecule is CN(C)C(CCCC(=O)O)c1cccc(F)c1. The van der Waals surface area contributed by atoms with Crippen molar-refractivity contribution in [3.63, 3.8) is 0 Å². The normalized spacial score (nSPS) is 12.7. The second-order valence-corrected chi connectivity index (χ2v) is 4.32. The first-order valence-electron chi connectivity index (χ1n) is 5.64. The Morgan fingerprint density at radius 1 is 1.47 bits per heavy atom. The van der Waals surface area contributed by atoms with E-state index in [0.717, 1.165) is 5.56 Å². The first kappa shape index (κ1) is 13.6. The molecule has 0 spiro atoms. The Labute approximate surface area is 101 Å². The summed E-state index contributed by atoms with van der Waals surface area (Å²) in [4.78, 5) is 12.5. The minimum absolute atomic E-state index is 0.0602. The molecule has 1 aromatic rings. The van der Waals surface area contributed by atoms with Gasteiger partial charge in [0.15, 0.2) is 0 Å². The largest absolute Gasteiger partial charge is 0.481 e. The first-order chi connectivity index (χ1) is 8.00. The van der Waals surface area contributed by atoms with Crippen molar-refractivity contribution in [1.29, 1.82) is 0 Å². The lowest BCUT2D eigenvalue weighted by Gasteiger charge is -2.24. The van der Waals surface area contributed by atoms with Crippen molar-refractivity contribution in [2.75, 3.05) is 14.1 Å². The minimum Gasteiger partial charge on any atom is -0.481 e. The summed E-state index contributed by atoms with van der Waals surface area (Å²) in [5, 5.41) is 8.61. The Morgan fingerprint density at radius 3 is 2.71 bits per heavy atom. The van der Waals surface area contributed by atoms with E-state index in [2.05, 4.69) is 0 Å². The number of nitrogens with zero attached hydrogens (tertiary/aromatic N) is 1. The van der Waals surface area contributed by atoms with Crippen LogP contribution < -0.4 is 0 Å². The summed E-state index contributed by atoms with van der Waals surface area (Å²) >= 11 is 0. The number of carboxylic acids is 1. The molecule has 3 nitrogen and oxygen atoms in total. The van der Waals surface area contributed by atoms with Crippen molar-refractivity contribution in [2.45, 2.75) is 25.3 Å². The number of aliphatic carboxylic acids is 1. The number of benzene rings is 1. The number of halogens is 1. The zero-order valence-electron chi connectivity index (χ0n) is 10.2. The van der Waals surface area contributed by atoms with Gasteiger partial charge in [-0.05, 0) is 44.6 Å². The Morgan fingerprint density at radius 2 is 2.18 bits per heavy atom. The molecule has 0 aliphatic rings. The molecule has 17 heavy (non-hydrogen) atoms. The van der Waals surface area contributed by atoms with Gasteiger partial charge in [0.05, 0.1) is 0 Å². The summed E-state index contributed by atoms with van der Waals surface area (Å²) in [5.74, 6) is -1.05. The predicted molar refractivity (Wildman–Crippen MR) is 64.3 cm³/mol. The van der Waals surface area contributed by atoms with Gasteiger partial charge in [-0.1, -0.05) is 12.1 Å². The zero-order chi connectivity index (χ0) is 12.8. The van der Waals surface area contributed by atoms with Crippen molar-refractivity contribution in [3.05, 3.63) is 35.6 Å². The van der Waals surface area contributed by atoms with Gasteiger partial charge >= 0.3 is 5.97 Å². The van der Waals surface area contributed by atoms with Crippen molar-refractivity contribution in [2.24, 2.45) is 0 Å². The minimum atomic E-state index is -0.790. The highest BCUT2D eigenvalue weighted by Crippen LogP contribution is 2.24. The Balaban J connectivity index is 2.69. The fraction of sp³-hybridized carbons (Fsp3) is 0.462. The second kappa shape index (κ2) is 6.35. The van der Waals surface area contributed by atoms with Crippen molar-refractivity contribution in [1.82, 2.24) is 4.90 Å². The van der Waals surface area contributed by atoms with Gasteiger partial charge in [0, 0.05) is 12.5 Å². The lowest BCUT2D eigenvalue weighted by atomic mass is 10.00. The summed E-state index contributed by atoms with van der Waals surface area (Å²) in [6.07, 6.45) is 1.46. The van der Waals surface area contributed by atoms with E-state index >= 15 is 0 Å². The third-order valence-corrected chi connectivity index (χ3v) is 2.72. The van der Waals surface area contributed by atoms with Gasteiger partial charge in [0.1, 0.15) is 5.82 Å². The quantitative estimate of drug-likeness (QED) is 0.829. The maximum atomic E-state index is 13.1. The molecule has 94 valence electrons. The van der Waals surface area contributed by atoms with Crippen LogP contribution in [0.3, 0.4) is 0 Å². The molecule has 0 aromatic heterocycles. The average Bonchev–Trinajstić information content (AvgIpc) is 2.23. The standard InChI is InChI=1S/C13H18FNO2/c1-15(2)12(7-4-8-13(16)17)10-5-3-6-11(14)9-10/h3,5-6,9,12H,4,7-8H2,1-2H3,(H,16,17). The molecule has 0 saturated heterocycles. The molecular weight excluding hydrogens is 221 g/mol. The smallest absolute Gasteiger partial charge is 0.303 e. The van der Waals surface area contributed by atoms with Crippen LogP contribution >= 0.6 is 0 Å². The first-order valence-corrected chi connectivity index (χ1v) is 5.64. The van der Waals surface area contributed by atoms with Crippen LogP contribution in [-0.4, -0.2) is 30.1 Å². The topological polar surface area (TPSA) is 40.5 Å². The highest BCUT2D eigenvalue weighted by Gasteiger charge is 2.14. The fourth-order valence-corrected chi connectivity index (χ4v) is 1.88. The Bertz CT molecular complexity index is 379. The van der Waals surface area contributed by atoms with Crippen LogP contribution in [0.1, 0.15) is 30.9 Å². The van der Waals surface area contributed by atoms with Crippen LogP contribution in [0.5, 0.6) is 0 Å². The van der Waals surface area contributed by atoms with Gasteiger partial charge in [-0.15, -0.1) is 0 Å². The number of carbonyl (C=O) groups is 1. The number of carboxylic acid groups (broad SMARTS) is 1. The van der Waals surface area contributed by atoms with Gasteiger partial charge in [0.25, 0.3) is 0 Å². The van der Waals surface area contributed by atoms with Crippen LogP contribution in [-0.2, 0) is 4.79 Å². The highest BCUT2D eigenvalue weighted by atomic mass is 19.1. The zero-order valence-corrected chi connectivity index (χ0v) is 10.2. The van der Waals surface area contributed by atoms with Crippen LogP contribution in [0.2, 0.25) is 0 Å². The summed E-state index contributed by atoms with van der Waals surface area (Å²) < 4.78 is 13.1. The van der Waals surface area contributed by atoms with Crippen LogP contribution in [0.15, 0.2) is 24.3 Å². The Hall–Kier alpha value is -1.42. The van der Waals surface area contributed by atoms with Gasteiger partial charge in [-0.2, -0.15) is 0 Å². The molecule has 0 radical (unpaired) electrons. The van der Waals surface area contributed by atoms with Crippen molar-refractivity contribution in [3.8, 4) is 0 Å². The summed E-state index contributed by atoms with van der Waals surface area (Å²) in [6, 6.07) is 6.52. The summed E-state index contributed by atoms with van der Waals surface area (Å²) in [7, 11) is 3.83. The van der Waals surface area contributed by atoms with E-state index < -0.39 is 5.97 Å². The lowest BCUT2D eigenvalue weighted by molar-refractivity contribution is -0.137. The molecular formula is C13H18FNO2. The average molecular weight is 239 g/mol. The predicted octanol–water partition coefficient (Wildman–Crippen LogP) is 2.68. The molecule has 1 N–H and O–H groups in total. The van der Waals surface area contributed by atoms with Crippen LogP contribution in [0.25, 0.3) is 0 Å². The van der Waals surface area contributed by atoms with E-state index in [1.165, 1.54) is 12.1 Å². The van der Waals surface area contributed by atoms with Crippen LogP contribution in [0, 0.1) is 5.82 Å². The molecule has 0 aliphatic carbocycles. The van der Waals surface area contributed by atoms with E-state index in [1.54, 1.807) is 6.07 Å². The monoisotopic (exact) mass is 239 g/mol. The number of hydrogen-bond acceptors (Lipinski definition) is 2. The Kier molecular flexibility index (Phi) is 5.10. The van der Waals surface area contributed by atoms with Crippen molar-refractivity contribution < 1.29 is 14.3 Å². The molecule has 0 saturated carbocycles. The van der Waals surface area contributed by atoms with E-state index in [0.29, 0.717) is 12.8 Å². The molecule has 0 bridgehead atoms. The van der Waals surface area contributed by atoms with E-state index in [9.17, 15) is 9.18 Å². The molecule has 0 amide bonds. The lowest BCUT2D eigenvalue weighted by Crippen LogP contribution is -2.20. The van der Waals surface area contributed by atoms with Crippen LogP contribution in [0.4, 0.5) is 4.39 Å². The molecule has 0 heterocycles. The van der Waals surface area contributed by atoms with Gasteiger partial charge < -0.3 is 10.0 Å². The molecule has 1 unspecified atom stereocenters. The van der Waals surface area contributed by atoms with E-state index in [4.69, 9.17) is 5.11 Å². The molecule has 4 heteroatoms.